The molecule has 1 aliphatic rings. The predicted molar refractivity (Wildman–Crippen MR) is 76.1 cm³/mol. The first-order chi connectivity index (χ1) is 9.37. The Kier molecular flexibility index (Phi) is 4.27. The summed E-state index contributed by atoms with van der Waals surface area (Å²) >= 11 is 1.30. The molecule has 0 aliphatic carbocycles. The van der Waals surface area contributed by atoms with Gasteiger partial charge in [-0.1, -0.05) is 13.8 Å². The van der Waals surface area contributed by atoms with Crippen LogP contribution < -0.4 is 5.32 Å². The molecule has 1 aliphatic heterocycles. The van der Waals surface area contributed by atoms with E-state index in [1.54, 1.807) is 0 Å². The fourth-order valence-corrected chi connectivity index (χ4v) is 2.97. The highest BCUT2D eigenvalue weighted by atomic mass is 32.1. The Morgan fingerprint density at radius 3 is 2.85 bits per heavy atom. The number of carboxylic acid groups (broad SMARTS) is 1. The van der Waals surface area contributed by atoms with Crippen LogP contribution >= 0.6 is 11.3 Å². The lowest BCUT2D eigenvalue weighted by Crippen LogP contribution is -2.40. The van der Waals surface area contributed by atoms with Crippen molar-refractivity contribution in [1.29, 1.82) is 0 Å². The third kappa shape index (κ3) is 3.69. The minimum Gasteiger partial charge on any atom is -0.476 e. The molecule has 2 heterocycles. The largest absolute Gasteiger partial charge is 0.476 e. The van der Waals surface area contributed by atoms with Gasteiger partial charge in [0.25, 0.3) is 0 Å². The van der Waals surface area contributed by atoms with Gasteiger partial charge in [-0.25, -0.2) is 14.6 Å². The van der Waals surface area contributed by atoms with Crippen LogP contribution in [0.1, 0.15) is 35.8 Å². The standard InChI is InChI=1S/C13H19N3O3S/c1-13(2)4-6-16(8-13)12(19)14-5-3-10-15-9(7-20-10)11(17)18/h7H,3-6,8H2,1-2H3,(H,14,19)(H,17,18). The lowest BCUT2D eigenvalue weighted by atomic mass is 9.93. The topological polar surface area (TPSA) is 82.5 Å². The molecule has 1 saturated heterocycles. The van der Waals surface area contributed by atoms with Crippen molar-refractivity contribution in [3.05, 3.63) is 16.1 Å². The number of rotatable bonds is 4. The molecule has 0 unspecified atom stereocenters. The Morgan fingerprint density at radius 1 is 1.55 bits per heavy atom. The maximum Gasteiger partial charge on any atom is 0.355 e. The van der Waals surface area contributed by atoms with E-state index in [0.29, 0.717) is 13.0 Å². The fraction of sp³-hybridized carbons (Fsp3) is 0.615. The number of hydrogen-bond acceptors (Lipinski definition) is 4. The van der Waals surface area contributed by atoms with Crippen molar-refractivity contribution in [2.45, 2.75) is 26.7 Å². The number of urea groups is 1. The van der Waals surface area contributed by atoms with Gasteiger partial charge in [0.05, 0.1) is 5.01 Å². The Balaban J connectivity index is 1.75. The molecule has 0 bridgehead atoms. The third-order valence-electron chi connectivity index (χ3n) is 3.35. The second-order valence-electron chi connectivity index (χ2n) is 5.75. The highest BCUT2D eigenvalue weighted by molar-refractivity contribution is 7.09. The molecular weight excluding hydrogens is 278 g/mol. The number of likely N-dealkylation sites (tertiary alicyclic amines) is 1. The second-order valence-corrected chi connectivity index (χ2v) is 6.69. The molecule has 2 N–H and O–H groups in total. The molecule has 2 rings (SSSR count). The van der Waals surface area contributed by atoms with Crippen LogP contribution in [0.3, 0.4) is 0 Å². The number of carbonyl (C=O) groups is 2. The molecule has 0 atom stereocenters. The van der Waals surface area contributed by atoms with Crippen LogP contribution in [0.15, 0.2) is 5.38 Å². The Labute approximate surface area is 121 Å². The zero-order chi connectivity index (χ0) is 14.8. The van der Waals surface area contributed by atoms with Gasteiger partial charge in [-0.3, -0.25) is 0 Å². The normalized spacial score (nSPS) is 17.2. The van der Waals surface area contributed by atoms with Crippen molar-refractivity contribution in [3.63, 3.8) is 0 Å². The number of hydrogen-bond donors (Lipinski definition) is 2. The van der Waals surface area contributed by atoms with Crippen molar-refractivity contribution in [1.82, 2.24) is 15.2 Å². The first kappa shape index (κ1) is 14.8. The molecule has 0 aromatic carbocycles. The van der Waals surface area contributed by atoms with Crippen LogP contribution in [0, 0.1) is 5.41 Å². The molecule has 1 aromatic heterocycles. The summed E-state index contributed by atoms with van der Waals surface area (Å²) in [5.41, 5.74) is 0.265. The lowest BCUT2D eigenvalue weighted by Gasteiger charge is -2.20. The van der Waals surface area contributed by atoms with Crippen LogP contribution in [0.2, 0.25) is 0 Å². The number of nitrogens with zero attached hydrogens (tertiary/aromatic N) is 2. The van der Waals surface area contributed by atoms with Gasteiger partial charge >= 0.3 is 12.0 Å². The number of carbonyl (C=O) groups excluding carboxylic acids is 1. The minimum atomic E-state index is -1.02. The first-order valence-electron chi connectivity index (χ1n) is 6.58. The van der Waals surface area contributed by atoms with E-state index in [1.807, 2.05) is 4.90 Å². The summed E-state index contributed by atoms with van der Waals surface area (Å²) in [7, 11) is 0. The van der Waals surface area contributed by atoms with Gasteiger partial charge in [0.2, 0.25) is 0 Å². The number of nitrogens with one attached hydrogen (secondary N) is 1. The predicted octanol–water partition coefficient (Wildman–Crippen LogP) is 1.83. The van der Waals surface area contributed by atoms with E-state index >= 15 is 0 Å². The van der Waals surface area contributed by atoms with Gasteiger partial charge in [-0.15, -0.1) is 11.3 Å². The summed E-state index contributed by atoms with van der Waals surface area (Å²) in [5.74, 6) is -1.02. The molecule has 7 heteroatoms. The molecule has 0 saturated carbocycles. The molecule has 1 aromatic rings. The lowest BCUT2D eigenvalue weighted by molar-refractivity contribution is 0.0691. The highest BCUT2D eigenvalue weighted by Crippen LogP contribution is 2.28. The number of aromatic nitrogens is 1. The van der Waals surface area contributed by atoms with Gasteiger partial charge in [-0.2, -0.15) is 0 Å². The SMILES string of the molecule is CC1(C)CCN(C(=O)NCCc2nc(C(=O)O)cs2)C1. The molecule has 20 heavy (non-hydrogen) atoms. The van der Waals surface area contributed by atoms with Crippen molar-refractivity contribution in [3.8, 4) is 0 Å². The second kappa shape index (κ2) is 5.78. The molecule has 0 radical (unpaired) electrons. The summed E-state index contributed by atoms with van der Waals surface area (Å²) in [4.78, 5) is 28.4. The summed E-state index contributed by atoms with van der Waals surface area (Å²) in [6.45, 7) is 6.35. The van der Waals surface area contributed by atoms with E-state index in [4.69, 9.17) is 5.11 Å². The van der Waals surface area contributed by atoms with Gasteiger partial charge in [-0.05, 0) is 11.8 Å². The van der Waals surface area contributed by atoms with E-state index in [9.17, 15) is 9.59 Å². The first-order valence-corrected chi connectivity index (χ1v) is 7.46. The number of carboxylic acids is 1. The maximum absolute atomic E-state index is 11.9. The fourth-order valence-electron chi connectivity index (χ4n) is 2.20. The summed E-state index contributed by atoms with van der Waals surface area (Å²) in [6, 6.07) is -0.0504. The van der Waals surface area contributed by atoms with E-state index in [0.717, 1.165) is 24.5 Å². The molecular formula is C13H19N3O3S. The maximum atomic E-state index is 11.9. The molecule has 6 nitrogen and oxygen atoms in total. The van der Waals surface area contributed by atoms with Gasteiger partial charge < -0.3 is 15.3 Å². The van der Waals surface area contributed by atoms with Gasteiger partial charge in [0.15, 0.2) is 5.69 Å². The van der Waals surface area contributed by atoms with Crippen molar-refractivity contribution >= 4 is 23.3 Å². The number of amides is 2. The highest BCUT2D eigenvalue weighted by Gasteiger charge is 2.31. The third-order valence-corrected chi connectivity index (χ3v) is 4.26. The average Bonchev–Trinajstić information content (AvgIpc) is 2.95. The number of aromatic carboxylic acids is 1. The van der Waals surface area contributed by atoms with Crippen molar-refractivity contribution in [2.75, 3.05) is 19.6 Å². The Hall–Kier alpha value is -1.63. The molecule has 1 fully saturated rings. The molecule has 0 spiro atoms. The van der Waals surface area contributed by atoms with Crippen LogP contribution in [-0.2, 0) is 6.42 Å². The minimum absolute atomic E-state index is 0.0504. The summed E-state index contributed by atoms with van der Waals surface area (Å²) < 4.78 is 0. The van der Waals surface area contributed by atoms with Gasteiger partial charge in [0, 0.05) is 31.4 Å². The van der Waals surface area contributed by atoms with Crippen LogP contribution in [-0.4, -0.2) is 46.6 Å². The zero-order valence-corrected chi connectivity index (χ0v) is 12.5. The molecule has 110 valence electrons. The van der Waals surface area contributed by atoms with E-state index in [1.165, 1.54) is 16.7 Å². The monoisotopic (exact) mass is 297 g/mol. The van der Waals surface area contributed by atoms with E-state index in [-0.39, 0.29) is 17.1 Å². The quantitative estimate of drug-likeness (QED) is 0.888. The van der Waals surface area contributed by atoms with Crippen molar-refractivity contribution in [2.24, 2.45) is 5.41 Å². The van der Waals surface area contributed by atoms with Crippen LogP contribution in [0.25, 0.3) is 0 Å². The van der Waals surface area contributed by atoms with Gasteiger partial charge in [0.1, 0.15) is 0 Å². The van der Waals surface area contributed by atoms with E-state index in [2.05, 4.69) is 24.1 Å². The smallest absolute Gasteiger partial charge is 0.355 e. The van der Waals surface area contributed by atoms with E-state index < -0.39 is 5.97 Å². The van der Waals surface area contributed by atoms with Crippen molar-refractivity contribution < 1.29 is 14.7 Å². The average molecular weight is 297 g/mol. The summed E-state index contributed by atoms with van der Waals surface area (Å²) in [5, 5.41) is 13.9. The molecule has 2 amide bonds. The Bertz CT molecular complexity index is 513. The van der Waals surface area contributed by atoms with Crippen LogP contribution in [0.5, 0.6) is 0 Å². The number of thiazole rings is 1. The zero-order valence-electron chi connectivity index (χ0n) is 11.7. The Morgan fingerprint density at radius 2 is 2.30 bits per heavy atom. The van der Waals surface area contributed by atoms with Crippen LogP contribution in [0.4, 0.5) is 4.79 Å². The summed E-state index contributed by atoms with van der Waals surface area (Å²) in [6.07, 6.45) is 1.58.